The first kappa shape index (κ1) is 15.3. The molecule has 0 aliphatic heterocycles. The fourth-order valence-corrected chi connectivity index (χ4v) is 2.75. The molecule has 4 nitrogen and oxygen atoms in total. The fourth-order valence-electron chi connectivity index (χ4n) is 2.75. The van der Waals surface area contributed by atoms with Crippen molar-refractivity contribution >= 4 is 16.8 Å². The van der Waals surface area contributed by atoms with Gasteiger partial charge in [-0.3, -0.25) is 4.79 Å². The summed E-state index contributed by atoms with van der Waals surface area (Å²) in [6.45, 7) is 2.54. The topological polar surface area (TPSA) is 70.9 Å². The van der Waals surface area contributed by atoms with E-state index in [4.69, 9.17) is 5.73 Å². The van der Waals surface area contributed by atoms with Gasteiger partial charge in [0.1, 0.15) is 0 Å². The number of nitrogens with two attached hydrogens (primary N) is 1. The summed E-state index contributed by atoms with van der Waals surface area (Å²) in [5.41, 5.74) is 10.5. The first-order chi connectivity index (χ1) is 11.1. The predicted octanol–water partition coefficient (Wildman–Crippen LogP) is 2.66. The zero-order valence-corrected chi connectivity index (χ0v) is 13.2. The Hall–Kier alpha value is -2.59. The van der Waals surface area contributed by atoms with Crippen molar-refractivity contribution in [3.63, 3.8) is 0 Å². The molecule has 0 radical (unpaired) electrons. The van der Waals surface area contributed by atoms with Gasteiger partial charge in [0.05, 0.1) is 6.04 Å². The van der Waals surface area contributed by atoms with Gasteiger partial charge in [-0.05, 0) is 36.1 Å². The number of fused-ring (bicyclic) bond motifs is 1. The van der Waals surface area contributed by atoms with E-state index in [2.05, 4.69) is 10.3 Å². The van der Waals surface area contributed by atoms with Crippen molar-refractivity contribution in [2.24, 2.45) is 5.73 Å². The van der Waals surface area contributed by atoms with Gasteiger partial charge in [-0.15, -0.1) is 0 Å². The second kappa shape index (κ2) is 6.67. The van der Waals surface area contributed by atoms with Crippen LogP contribution in [0.4, 0.5) is 0 Å². The molecule has 0 saturated carbocycles. The molecular formula is C19H21N3O. The molecule has 0 fully saturated rings. The van der Waals surface area contributed by atoms with E-state index in [1.54, 1.807) is 0 Å². The standard InChI is InChI=1S/C19H21N3O/c1-13-6-2-3-7-14(13)11-22-19(23)17(20)10-15-12-21-18-9-5-4-8-16(15)18/h2-9,12,17,21H,10-11,20H2,1H3,(H,22,23)/t17-/m1/s1. The number of rotatable bonds is 5. The van der Waals surface area contributed by atoms with Crippen LogP contribution in [0.5, 0.6) is 0 Å². The quantitative estimate of drug-likeness (QED) is 0.678. The Morgan fingerprint density at radius 2 is 1.87 bits per heavy atom. The van der Waals surface area contributed by atoms with Crippen molar-refractivity contribution in [3.05, 3.63) is 71.4 Å². The maximum absolute atomic E-state index is 12.2. The summed E-state index contributed by atoms with van der Waals surface area (Å²) in [5.74, 6) is -0.126. The van der Waals surface area contributed by atoms with Gasteiger partial charge in [-0.1, -0.05) is 42.5 Å². The number of aromatic nitrogens is 1. The highest BCUT2D eigenvalue weighted by Crippen LogP contribution is 2.18. The number of carbonyl (C=O) groups is 1. The lowest BCUT2D eigenvalue weighted by atomic mass is 10.0. The van der Waals surface area contributed by atoms with Crippen LogP contribution >= 0.6 is 0 Å². The van der Waals surface area contributed by atoms with Crippen molar-refractivity contribution in [2.75, 3.05) is 0 Å². The summed E-state index contributed by atoms with van der Waals surface area (Å²) < 4.78 is 0. The number of aryl methyl sites for hydroxylation is 1. The maximum atomic E-state index is 12.2. The molecular weight excluding hydrogens is 286 g/mol. The van der Waals surface area contributed by atoms with Crippen LogP contribution in [0.3, 0.4) is 0 Å². The van der Waals surface area contributed by atoms with Gasteiger partial charge in [-0.25, -0.2) is 0 Å². The molecule has 3 aromatic rings. The van der Waals surface area contributed by atoms with Crippen molar-refractivity contribution in [1.82, 2.24) is 10.3 Å². The van der Waals surface area contributed by atoms with Gasteiger partial charge >= 0.3 is 0 Å². The lowest BCUT2D eigenvalue weighted by molar-refractivity contribution is -0.122. The van der Waals surface area contributed by atoms with E-state index < -0.39 is 6.04 Å². The third kappa shape index (κ3) is 3.43. The molecule has 118 valence electrons. The summed E-state index contributed by atoms with van der Waals surface area (Å²) in [6, 6.07) is 15.5. The number of benzene rings is 2. The van der Waals surface area contributed by atoms with Crippen molar-refractivity contribution in [3.8, 4) is 0 Å². The molecule has 1 atom stereocenters. The molecule has 0 unspecified atom stereocenters. The Kier molecular flexibility index (Phi) is 4.44. The van der Waals surface area contributed by atoms with Crippen molar-refractivity contribution in [2.45, 2.75) is 25.9 Å². The predicted molar refractivity (Wildman–Crippen MR) is 93.0 cm³/mol. The zero-order chi connectivity index (χ0) is 16.2. The summed E-state index contributed by atoms with van der Waals surface area (Å²) in [7, 11) is 0. The van der Waals surface area contributed by atoms with E-state index in [0.29, 0.717) is 13.0 Å². The van der Waals surface area contributed by atoms with Crippen LogP contribution in [0, 0.1) is 6.92 Å². The molecule has 1 heterocycles. The molecule has 1 aromatic heterocycles. The SMILES string of the molecule is Cc1ccccc1CNC(=O)[C@H](N)Cc1c[nH]c2ccccc12. The summed E-state index contributed by atoms with van der Waals surface area (Å²) in [4.78, 5) is 15.5. The zero-order valence-electron chi connectivity index (χ0n) is 13.2. The molecule has 3 rings (SSSR count). The van der Waals surface area contributed by atoms with Gasteiger partial charge in [0.2, 0.25) is 5.91 Å². The van der Waals surface area contributed by atoms with Gasteiger partial charge in [0.15, 0.2) is 0 Å². The number of H-pyrrole nitrogens is 1. The number of carbonyl (C=O) groups excluding carboxylic acids is 1. The summed E-state index contributed by atoms with van der Waals surface area (Å²) >= 11 is 0. The van der Waals surface area contributed by atoms with Gasteiger partial charge in [0.25, 0.3) is 0 Å². The molecule has 0 spiro atoms. The van der Waals surface area contributed by atoms with Crippen molar-refractivity contribution in [1.29, 1.82) is 0 Å². The Morgan fingerprint density at radius 3 is 2.70 bits per heavy atom. The Bertz CT molecular complexity index is 822. The van der Waals surface area contributed by atoms with E-state index in [9.17, 15) is 4.79 Å². The molecule has 1 amide bonds. The normalized spacial score (nSPS) is 12.3. The van der Waals surface area contributed by atoms with Crippen LogP contribution in [0.15, 0.2) is 54.7 Å². The maximum Gasteiger partial charge on any atom is 0.237 e. The van der Waals surface area contributed by atoms with Crippen LogP contribution < -0.4 is 11.1 Å². The molecule has 0 bridgehead atoms. The number of hydrogen-bond acceptors (Lipinski definition) is 2. The van der Waals surface area contributed by atoms with Gasteiger partial charge in [0, 0.05) is 23.6 Å². The van der Waals surface area contributed by atoms with E-state index >= 15 is 0 Å². The lowest BCUT2D eigenvalue weighted by Crippen LogP contribution is -2.41. The minimum atomic E-state index is -0.557. The molecule has 4 heteroatoms. The average Bonchev–Trinajstić information content (AvgIpc) is 2.97. The highest BCUT2D eigenvalue weighted by atomic mass is 16.2. The number of para-hydroxylation sites is 1. The summed E-state index contributed by atoms with van der Waals surface area (Å²) in [5, 5.41) is 4.05. The lowest BCUT2D eigenvalue weighted by Gasteiger charge is -2.13. The van der Waals surface area contributed by atoms with Gasteiger partial charge < -0.3 is 16.0 Å². The van der Waals surface area contributed by atoms with Crippen LogP contribution in [-0.4, -0.2) is 16.9 Å². The molecule has 0 aliphatic rings. The fraction of sp³-hybridized carbons (Fsp3) is 0.211. The smallest absolute Gasteiger partial charge is 0.237 e. The van der Waals surface area contributed by atoms with Gasteiger partial charge in [-0.2, -0.15) is 0 Å². The highest BCUT2D eigenvalue weighted by molar-refractivity contribution is 5.86. The van der Waals surface area contributed by atoms with E-state index in [-0.39, 0.29) is 5.91 Å². The minimum absolute atomic E-state index is 0.126. The largest absolute Gasteiger partial charge is 0.361 e. The van der Waals surface area contributed by atoms with E-state index in [1.165, 1.54) is 0 Å². The molecule has 0 aliphatic carbocycles. The first-order valence-corrected chi connectivity index (χ1v) is 7.78. The van der Waals surface area contributed by atoms with Crippen LogP contribution in [0.2, 0.25) is 0 Å². The third-order valence-corrected chi connectivity index (χ3v) is 4.17. The number of nitrogens with one attached hydrogen (secondary N) is 2. The van der Waals surface area contributed by atoms with E-state index in [1.807, 2.05) is 61.7 Å². The monoisotopic (exact) mass is 307 g/mol. The summed E-state index contributed by atoms with van der Waals surface area (Å²) in [6.07, 6.45) is 2.45. The molecule has 23 heavy (non-hydrogen) atoms. The second-order valence-corrected chi connectivity index (χ2v) is 5.81. The Labute approximate surface area is 135 Å². The first-order valence-electron chi connectivity index (χ1n) is 7.78. The van der Waals surface area contributed by atoms with Crippen LogP contribution in [0.25, 0.3) is 10.9 Å². The van der Waals surface area contributed by atoms with Crippen LogP contribution in [-0.2, 0) is 17.8 Å². The second-order valence-electron chi connectivity index (χ2n) is 5.81. The number of amides is 1. The molecule has 4 N–H and O–H groups in total. The number of hydrogen-bond donors (Lipinski definition) is 3. The Morgan fingerprint density at radius 1 is 1.13 bits per heavy atom. The van der Waals surface area contributed by atoms with Crippen LogP contribution in [0.1, 0.15) is 16.7 Å². The molecule has 0 saturated heterocycles. The Balaban J connectivity index is 1.63. The van der Waals surface area contributed by atoms with E-state index in [0.717, 1.165) is 27.6 Å². The van der Waals surface area contributed by atoms with Crippen molar-refractivity contribution < 1.29 is 4.79 Å². The molecule has 2 aromatic carbocycles. The number of aromatic amines is 1. The highest BCUT2D eigenvalue weighted by Gasteiger charge is 2.16. The average molecular weight is 307 g/mol. The third-order valence-electron chi connectivity index (χ3n) is 4.17. The minimum Gasteiger partial charge on any atom is -0.361 e.